The molecule has 0 bridgehead atoms. The maximum atomic E-state index is 6.07. The van der Waals surface area contributed by atoms with E-state index in [9.17, 15) is 0 Å². The summed E-state index contributed by atoms with van der Waals surface area (Å²) >= 11 is 0. The Morgan fingerprint density at radius 1 is 1.50 bits per heavy atom. The van der Waals surface area contributed by atoms with Crippen molar-refractivity contribution < 1.29 is 0 Å². The van der Waals surface area contributed by atoms with Crippen LogP contribution in [0.4, 0.5) is 0 Å². The quantitative estimate of drug-likeness (QED) is 0.779. The van der Waals surface area contributed by atoms with Crippen LogP contribution in [0.15, 0.2) is 12.4 Å². The summed E-state index contributed by atoms with van der Waals surface area (Å²) in [4.78, 5) is 0. The zero-order chi connectivity index (χ0) is 10.6. The number of aromatic nitrogens is 2. The van der Waals surface area contributed by atoms with Crippen LogP contribution in [0.1, 0.15) is 32.8 Å². The van der Waals surface area contributed by atoms with Crippen molar-refractivity contribution in [3.8, 4) is 0 Å². The molecule has 0 fully saturated rings. The summed E-state index contributed by atoms with van der Waals surface area (Å²) in [6.45, 7) is 7.40. The lowest BCUT2D eigenvalue weighted by molar-refractivity contribution is 0.440. The summed E-state index contributed by atoms with van der Waals surface area (Å²) in [7, 11) is 0. The number of rotatable bonds is 5. The summed E-state index contributed by atoms with van der Waals surface area (Å²) in [6.07, 6.45) is 6.09. The van der Waals surface area contributed by atoms with Gasteiger partial charge in [0.05, 0.1) is 6.20 Å². The minimum absolute atomic E-state index is 0.259. The van der Waals surface area contributed by atoms with Gasteiger partial charge < -0.3 is 5.73 Å². The standard InChI is InChI=1S/C11H21N3/c1-4-9(3)11(12)6-10-7-13-14(5-2)8-10/h7-9,11H,4-6,12H2,1-3H3. The Hall–Kier alpha value is -0.830. The molecule has 1 rings (SSSR count). The number of nitrogens with two attached hydrogens (primary N) is 1. The zero-order valence-corrected chi connectivity index (χ0v) is 9.40. The smallest absolute Gasteiger partial charge is 0.0522 e. The molecule has 0 amide bonds. The second-order valence-corrected chi connectivity index (χ2v) is 3.96. The van der Waals surface area contributed by atoms with Gasteiger partial charge in [0, 0.05) is 18.8 Å². The van der Waals surface area contributed by atoms with Gasteiger partial charge in [0.15, 0.2) is 0 Å². The lowest BCUT2D eigenvalue weighted by atomic mass is 9.95. The molecule has 2 unspecified atom stereocenters. The molecule has 14 heavy (non-hydrogen) atoms. The second kappa shape index (κ2) is 5.15. The van der Waals surface area contributed by atoms with E-state index in [0.29, 0.717) is 5.92 Å². The topological polar surface area (TPSA) is 43.8 Å². The van der Waals surface area contributed by atoms with Gasteiger partial charge in [-0.15, -0.1) is 0 Å². The highest BCUT2D eigenvalue weighted by Gasteiger charge is 2.12. The molecule has 2 atom stereocenters. The van der Waals surface area contributed by atoms with Gasteiger partial charge >= 0.3 is 0 Å². The molecule has 0 aliphatic carbocycles. The third-order valence-corrected chi connectivity index (χ3v) is 2.86. The number of hydrogen-bond acceptors (Lipinski definition) is 2. The van der Waals surface area contributed by atoms with E-state index in [1.165, 1.54) is 5.56 Å². The summed E-state index contributed by atoms with van der Waals surface area (Å²) < 4.78 is 1.94. The zero-order valence-electron chi connectivity index (χ0n) is 9.40. The van der Waals surface area contributed by atoms with E-state index in [-0.39, 0.29) is 6.04 Å². The number of hydrogen-bond donors (Lipinski definition) is 1. The fourth-order valence-corrected chi connectivity index (χ4v) is 1.46. The van der Waals surface area contributed by atoms with Crippen molar-refractivity contribution >= 4 is 0 Å². The molecular weight excluding hydrogens is 174 g/mol. The Morgan fingerprint density at radius 3 is 2.71 bits per heavy atom. The second-order valence-electron chi connectivity index (χ2n) is 3.96. The van der Waals surface area contributed by atoms with Crippen LogP contribution in [0, 0.1) is 5.92 Å². The third kappa shape index (κ3) is 2.84. The average Bonchev–Trinajstić information content (AvgIpc) is 2.64. The van der Waals surface area contributed by atoms with Crippen LogP contribution in [0.5, 0.6) is 0 Å². The van der Waals surface area contributed by atoms with Crippen molar-refractivity contribution in [3.63, 3.8) is 0 Å². The summed E-state index contributed by atoms with van der Waals surface area (Å²) in [5.41, 5.74) is 7.32. The third-order valence-electron chi connectivity index (χ3n) is 2.86. The molecule has 1 heterocycles. The molecule has 0 radical (unpaired) electrons. The fourth-order valence-electron chi connectivity index (χ4n) is 1.46. The summed E-state index contributed by atoms with van der Waals surface area (Å²) in [6, 6.07) is 0.259. The van der Waals surface area contributed by atoms with E-state index < -0.39 is 0 Å². The minimum Gasteiger partial charge on any atom is -0.327 e. The molecule has 1 aromatic rings. The van der Waals surface area contributed by atoms with Crippen molar-refractivity contribution in [3.05, 3.63) is 18.0 Å². The van der Waals surface area contributed by atoms with Gasteiger partial charge in [-0.1, -0.05) is 20.3 Å². The van der Waals surface area contributed by atoms with Crippen molar-refractivity contribution in [2.45, 2.75) is 46.2 Å². The molecule has 3 heteroatoms. The lowest BCUT2D eigenvalue weighted by Crippen LogP contribution is -2.29. The van der Waals surface area contributed by atoms with Crippen molar-refractivity contribution in [2.24, 2.45) is 11.7 Å². The first-order valence-electron chi connectivity index (χ1n) is 5.44. The van der Waals surface area contributed by atoms with Gasteiger partial charge in [-0.2, -0.15) is 5.10 Å². The van der Waals surface area contributed by atoms with Crippen molar-refractivity contribution in [1.29, 1.82) is 0 Å². The predicted molar refractivity (Wildman–Crippen MR) is 59.0 cm³/mol. The Kier molecular flexibility index (Phi) is 4.14. The van der Waals surface area contributed by atoms with Crippen molar-refractivity contribution in [1.82, 2.24) is 9.78 Å². The van der Waals surface area contributed by atoms with Gasteiger partial charge in [-0.05, 0) is 24.8 Å². The Bertz CT molecular complexity index is 267. The average molecular weight is 195 g/mol. The Morgan fingerprint density at radius 2 is 2.21 bits per heavy atom. The van der Waals surface area contributed by atoms with Crippen molar-refractivity contribution in [2.75, 3.05) is 0 Å². The molecule has 3 nitrogen and oxygen atoms in total. The van der Waals surface area contributed by atoms with E-state index in [1.54, 1.807) is 0 Å². The molecule has 2 N–H and O–H groups in total. The minimum atomic E-state index is 0.259. The Labute approximate surface area is 86.3 Å². The lowest BCUT2D eigenvalue weighted by Gasteiger charge is -2.16. The number of aryl methyl sites for hydroxylation is 1. The highest BCUT2D eigenvalue weighted by Crippen LogP contribution is 2.10. The molecule has 0 saturated carbocycles. The summed E-state index contributed by atoms with van der Waals surface area (Å²) in [5, 5.41) is 4.23. The normalized spacial score (nSPS) is 15.4. The van der Waals surface area contributed by atoms with Crippen LogP contribution in [-0.4, -0.2) is 15.8 Å². The summed E-state index contributed by atoms with van der Waals surface area (Å²) in [5.74, 6) is 0.583. The molecule has 0 aliphatic rings. The molecule has 0 aliphatic heterocycles. The highest BCUT2D eigenvalue weighted by molar-refractivity contribution is 5.06. The maximum absolute atomic E-state index is 6.07. The fraction of sp³-hybridized carbons (Fsp3) is 0.727. The van der Waals surface area contributed by atoms with Gasteiger partial charge in [-0.3, -0.25) is 4.68 Å². The van der Waals surface area contributed by atoms with Gasteiger partial charge in [0.2, 0.25) is 0 Å². The number of nitrogens with zero attached hydrogens (tertiary/aromatic N) is 2. The molecule has 0 aromatic carbocycles. The monoisotopic (exact) mass is 195 g/mol. The van der Waals surface area contributed by atoms with Gasteiger partial charge in [0.1, 0.15) is 0 Å². The van der Waals surface area contributed by atoms with E-state index >= 15 is 0 Å². The SMILES string of the molecule is CCC(C)C(N)Cc1cnn(CC)c1. The Balaban J connectivity index is 2.51. The van der Waals surface area contributed by atoms with Crippen LogP contribution in [0.2, 0.25) is 0 Å². The van der Waals surface area contributed by atoms with E-state index in [1.807, 2.05) is 10.9 Å². The highest BCUT2D eigenvalue weighted by atomic mass is 15.3. The molecule has 1 aromatic heterocycles. The van der Waals surface area contributed by atoms with E-state index in [2.05, 4.69) is 32.1 Å². The predicted octanol–water partition coefficient (Wildman–Crippen LogP) is 1.82. The first kappa shape index (κ1) is 11.2. The largest absolute Gasteiger partial charge is 0.327 e. The van der Waals surface area contributed by atoms with Crippen LogP contribution < -0.4 is 5.73 Å². The first-order chi connectivity index (χ1) is 6.67. The molecule has 0 saturated heterocycles. The van der Waals surface area contributed by atoms with Crippen LogP contribution >= 0.6 is 0 Å². The molecular formula is C11H21N3. The van der Waals surface area contributed by atoms with E-state index in [0.717, 1.165) is 19.4 Å². The van der Waals surface area contributed by atoms with Crippen LogP contribution in [-0.2, 0) is 13.0 Å². The molecule has 0 spiro atoms. The van der Waals surface area contributed by atoms with Crippen LogP contribution in [0.25, 0.3) is 0 Å². The molecule has 80 valence electrons. The van der Waals surface area contributed by atoms with E-state index in [4.69, 9.17) is 5.73 Å². The van der Waals surface area contributed by atoms with Gasteiger partial charge in [-0.25, -0.2) is 0 Å². The van der Waals surface area contributed by atoms with Crippen LogP contribution in [0.3, 0.4) is 0 Å². The first-order valence-corrected chi connectivity index (χ1v) is 5.44. The van der Waals surface area contributed by atoms with Gasteiger partial charge in [0.25, 0.3) is 0 Å². The maximum Gasteiger partial charge on any atom is 0.0522 e.